The maximum atomic E-state index is 12.4. The fraction of sp³-hybridized carbons (Fsp3) is 0.500. The van der Waals surface area contributed by atoms with Gasteiger partial charge in [-0.2, -0.15) is 0 Å². The molecule has 1 unspecified atom stereocenters. The molecule has 5 atom stereocenters. The molecule has 0 aliphatic heterocycles. The summed E-state index contributed by atoms with van der Waals surface area (Å²) in [6, 6.07) is 5.27. The molecular formula is C18H18O5. The van der Waals surface area contributed by atoms with Crippen LogP contribution >= 0.6 is 0 Å². The van der Waals surface area contributed by atoms with E-state index < -0.39 is 29.0 Å². The van der Waals surface area contributed by atoms with Gasteiger partial charge < -0.3 is 15.0 Å². The topological polar surface area (TPSA) is 91.7 Å². The zero-order valence-electron chi connectivity index (χ0n) is 12.6. The van der Waals surface area contributed by atoms with Crippen molar-refractivity contribution in [1.82, 2.24) is 0 Å². The van der Waals surface area contributed by atoms with Crippen molar-refractivity contribution in [2.75, 3.05) is 0 Å². The number of hydrogen-bond donors (Lipinski definition) is 2. The van der Waals surface area contributed by atoms with Crippen LogP contribution in [0.2, 0.25) is 0 Å². The predicted molar refractivity (Wildman–Crippen MR) is 79.9 cm³/mol. The zero-order valence-corrected chi connectivity index (χ0v) is 12.6. The Bertz CT molecular complexity index is 724. The predicted octanol–water partition coefficient (Wildman–Crippen LogP) is 1.15. The van der Waals surface area contributed by atoms with Crippen LogP contribution in [-0.2, 0) is 20.8 Å². The van der Waals surface area contributed by atoms with Gasteiger partial charge in [0.2, 0.25) is 11.6 Å². The Morgan fingerprint density at radius 2 is 1.96 bits per heavy atom. The lowest BCUT2D eigenvalue weighted by atomic mass is 9.55. The molecule has 1 aromatic rings. The lowest BCUT2D eigenvalue weighted by molar-refractivity contribution is -0.139. The summed E-state index contributed by atoms with van der Waals surface area (Å²) in [7, 11) is 0. The molecule has 0 saturated heterocycles. The van der Waals surface area contributed by atoms with Gasteiger partial charge in [0.1, 0.15) is 18.1 Å². The van der Waals surface area contributed by atoms with E-state index >= 15 is 0 Å². The number of ketones is 2. The second kappa shape index (κ2) is 4.74. The van der Waals surface area contributed by atoms with E-state index in [-0.39, 0.29) is 17.6 Å². The number of phenols is 1. The van der Waals surface area contributed by atoms with E-state index in [1.807, 2.05) is 6.07 Å². The maximum absolute atomic E-state index is 12.4. The molecular weight excluding hydrogens is 296 g/mol. The molecule has 2 fully saturated rings. The van der Waals surface area contributed by atoms with Crippen LogP contribution in [0.15, 0.2) is 18.2 Å². The number of phenolic OH excluding ortho intramolecular Hbond substituents is 1. The van der Waals surface area contributed by atoms with Gasteiger partial charge >= 0.3 is 0 Å². The van der Waals surface area contributed by atoms with E-state index in [1.54, 1.807) is 12.1 Å². The largest absolute Gasteiger partial charge is 0.508 e. The SMILES string of the molecule is O=C[C@]12CC[C@@H]3c4ccc(O)cc4CC[C@H]3[C@@H]1C(=O)C(=O)C2O. The number of carbonyl (C=O) groups is 3. The molecule has 0 bridgehead atoms. The van der Waals surface area contributed by atoms with Crippen LogP contribution in [0, 0.1) is 17.3 Å². The van der Waals surface area contributed by atoms with Gasteiger partial charge in [-0.3, -0.25) is 9.59 Å². The summed E-state index contributed by atoms with van der Waals surface area (Å²) >= 11 is 0. The van der Waals surface area contributed by atoms with Crippen LogP contribution < -0.4 is 0 Å². The summed E-state index contributed by atoms with van der Waals surface area (Å²) < 4.78 is 0. The van der Waals surface area contributed by atoms with Gasteiger partial charge in [0, 0.05) is 5.92 Å². The number of carbonyl (C=O) groups excluding carboxylic acids is 3. The smallest absolute Gasteiger partial charge is 0.228 e. The number of aldehydes is 1. The third-order valence-corrected chi connectivity index (χ3v) is 6.19. The van der Waals surface area contributed by atoms with Crippen molar-refractivity contribution in [2.24, 2.45) is 17.3 Å². The van der Waals surface area contributed by atoms with Gasteiger partial charge in [0.05, 0.1) is 5.41 Å². The number of aryl methyl sites for hydroxylation is 1. The molecule has 3 aliphatic carbocycles. The number of hydrogen-bond acceptors (Lipinski definition) is 5. The Kier molecular flexibility index (Phi) is 3.00. The molecule has 2 N–H and O–H groups in total. The molecule has 5 nitrogen and oxygen atoms in total. The average molecular weight is 314 g/mol. The molecule has 23 heavy (non-hydrogen) atoms. The minimum absolute atomic E-state index is 0.0967. The third-order valence-electron chi connectivity index (χ3n) is 6.19. The fourth-order valence-electron chi connectivity index (χ4n) is 5.13. The Hall–Kier alpha value is -2.01. The van der Waals surface area contributed by atoms with Crippen molar-refractivity contribution in [3.63, 3.8) is 0 Å². The lowest BCUT2D eigenvalue weighted by Crippen LogP contribution is -2.48. The molecule has 0 aromatic heterocycles. The summed E-state index contributed by atoms with van der Waals surface area (Å²) in [5, 5.41) is 19.8. The van der Waals surface area contributed by atoms with E-state index in [0.29, 0.717) is 32.0 Å². The van der Waals surface area contributed by atoms with Gasteiger partial charge in [-0.1, -0.05) is 6.07 Å². The number of rotatable bonds is 1. The minimum Gasteiger partial charge on any atom is -0.508 e. The highest BCUT2D eigenvalue weighted by Crippen LogP contribution is 2.58. The van der Waals surface area contributed by atoms with Crippen molar-refractivity contribution in [2.45, 2.75) is 37.7 Å². The van der Waals surface area contributed by atoms with Gasteiger partial charge in [-0.05, 0) is 60.8 Å². The highest BCUT2D eigenvalue weighted by Gasteiger charge is 2.65. The number of Topliss-reactive ketones (excluding diaryl/α,β-unsaturated/α-hetero) is 2. The van der Waals surface area contributed by atoms with Crippen LogP contribution in [0.25, 0.3) is 0 Å². The second-order valence-corrected chi connectivity index (χ2v) is 7.07. The lowest BCUT2D eigenvalue weighted by Gasteiger charge is -2.47. The first-order valence-electron chi connectivity index (χ1n) is 8.04. The molecule has 3 aliphatic rings. The number of benzene rings is 1. The molecule has 5 heteroatoms. The summed E-state index contributed by atoms with van der Waals surface area (Å²) in [6.07, 6.45) is 1.56. The highest BCUT2D eigenvalue weighted by molar-refractivity contribution is 6.43. The molecule has 0 radical (unpaired) electrons. The van der Waals surface area contributed by atoms with E-state index in [4.69, 9.17) is 0 Å². The first kappa shape index (κ1) is 14.6. The van der Waals surface area contributed by atoms with E-state index in [2.05, 4.69) is 0 Å². The Morgan fingerprint density at radius 3 is 2.70 bits per heavy atom. The van der Waals surface area contributed by atoms with Crippen LogP contribution in [0.5, 0.6) is 5.75 Å². The van der Waals surface area contributed by atoms with Crippen molar-refractivity contribution in [3.05, 3.63) is 29.3 Å². The zero-order chi connectivity index (χ0) is 16.4. The van der Waals surface area contributed by atoms with Gasteiger partial charge in [0.15, 0.2) is 0 Å². The standard InChI is InChI=1S/C18H18O5/c19-8-18-6-5-12-11-4-2-10(20)7-9(11)1-3-13(12)14(18)15(21)16(22)17(18)23/h2,4,7-8,12-14,17,20,23H,1,3,5-6H2/t12-,13-,14-,17?,18-/m1/s1. The molecule has 0 spiro atoms. The third kappa shape index (κ3) is 1.74. The summed E-state index contributed by atoms with van der Waals surface area (Å²) in [6.45, 7) is 0. The fourth-order valence-corrected chi connectivity index (χ4v) is 5.13. The maximum Gasteiger partial charge on any atom is 0.228 e. The first-order chi connectivity index (χ1) is 11.0. The first-order valence-corrected chi connectivity index (χ1v) is 8.04. The molecule has 0 heterocycles. The van der Waals surface area contributed by atoms with Crippen molar-refractivity contribution in [3.8, 4) is 5.75 Å². The van der Waals surface area contributed by atoms with E-state index in [0.717, 1.165) is 11.1 Å². The normalized spacial score (nSPS) is 38.7. The quantitative estimate of drug-likeness (QED) is 0.599. The van der Waals surface area contributed by atoms with Gasteiger partial charge in [-0.15, -0.1) is 0 Å². The number of aliphatic hydroxyl groups excluding tert-OH is 1. The molecule has 4 rings (SSSR count). The number of fused-ring (bicyclic) bond motifs is 5. The van der Waals surface area contributed by atoms with Crippen molar-refractivity contribution < 1.29 is 24.6 Å². The Morgan fingerprint density at radius 1 is 1.17 bits per heavy atom. The molecule has 120 valence electrons. The Labute approximate surface area is 133 Å². The number of aliphatic hydroxyl groups is 1. The van der Waals surface area contributed by atoms with Crippen molar-refractivity contribution in [1.29, 1.82) is 0 Å². The summed E-state index contributed by atoms with van der Waals surface area (Å²) in [5.74, 6) is -1.87. The van der Waals surface area contributed by atoms with Gasteiger partial charge in [0.25, 0.3) is 0 Å². The van der Waals surface area contributed by atoms with Crippen LogP contribution in [0.1, 0.15) is 36.3 Å². The van der Waals surface area contributed by atoms with Crippen LogP contribution in [0.4, 0.5) is 0 Å². The van der Waals surface area contributed by atoms with Crippen LogP contribution in [-0.4, -0.2) is 34.2 Å². The monoisotopic (exact) mass is 314 g/mol. The molecule has 1 aromatic carbocycles. The van der Waals surface area contributed by atoms with Gasteiger partial charge in [-0.25, -0.2) is 0 Å². The van der Waals surface area contributed by atoms with Crippen molar-refractivity contribution >= 4 is 17.9 Å². The van der Waals surface area contributed by atoms with E-state index in [1.165, 1.54) is 0 Å². The minimum atomic E-state index is -1.49. The Balaban J connectivity index is 1.80. The second-order valence-electron chi connectivity index (χ2n) is 7.07. The van der Waals surface area contributed by atoms with Crippen LogP contribution in [0.3, 0.4) is 0 Å². The van der Waals surface area contributed by atoms with E-state index in [9.17, 15) is 24.6 Å². The average Bonchev–Trinajstić information content (AvgIpc) is 2.76. The summed E-state index contributed by atoms with van der Waals surface area (Å²) in [5.41, 5.74) is 0.936. The summed E-state index contributed by atoms with van der Waals surface area (Å²) in [4.78, 5) is 36.2. The highest BCUT2D eigenvalue weighted by atomic mass is 16.3. The number of aromatic hydroxyl groups is 1. The molecule has 0 amide bonds. The molecule has 2 saturated carbocycles.